The van der Waals surface area contributed by atoms with Gasteiger partial charge >= 0.3 is 5.97 Å². The highest BCUT2D eigenvalue weighted by Crippen LogP contribution is 2.36. The van der Waals surface area contributed by atoms with E-state index in [0.717, 1.165) is 32.1 Å². The van der Waals surface area contributed by atoms with Crippen molar-refractivity contribution in [2.75, 3.05) is 0 Å². The summed E-state index contributed by atoms with van der Waals surface area (Å²) in [6.07, 6.45) is 5.27. The van der Waals surface area contributed by atoms with E-state index >= 15 is 0 Å². The molecule has 0 aliphatic heterocycles. The first-order valence-electron chi connectivity index (χ1n) is 7.14. The van der Waals surface area contributed by atoms with E-state index in [4.69, 9.17) is 5.73 Å². The van der Waals surface area contributed by atoms with E-state index in [2.05, 4.69) is 5.32 Å². The SMILES string of the molecule is CC(N)CCCC(=O)NC1CCCCC1(C)C(=O)O. The smallest absolute Gasteiger partial charge is 0.311 e. The Morgan fingerprint density at radius 1 is 1.47 bits per heavy atom. The lowest BCUT2D eigenvalue weighted by atomic mass is 9.71. The molecular formula is C14H26N2O3. The number of hydrogen-bond acceptors (Lipinski definition) is 3. The van der Waals surface area contributed by atoms with Crippen LogP contribution in [0.2, 0.25) is 0 Å². The molecule has 0 spiro atoms. The van der Waals surface area contributed by atoms with Gasteiger partial charge in [0.1, 0.15) is 0 Å². The Kier molecular flexibility index (Phi) is 5.79. The zero-order valence-electron chi connectivity index (χ0n) is 11.9. The standard InChI is InChI=1S/C14H26N2O3/c1-10(15)6-5-8-12(17)16-11-7-3-4-9-14(11,2)13(18)19/h10-11H,3-9,15H2,1-2H3,(H,16,17)(H,18,19). The summed E-state index contributed by atoms with van der Waals surface area (Å²) in [5.74, 6) is -0.867. The summed E-state index contributed by atoms with van der Waals surface area (Å²) in [4.78, 5) is 23.3. The van der Waals surface area contributed by atoms with Crippen LogP contribution in [0.25, 0.3) is 0 Å². The largest absolute Gasteiger partial charge is 0.481 e. The molecule has 19 heavy (non-hydrogen) atoms. The number of carbonyl (C=O) groups excluding carboxylic acids is 1. The summed E-state index contributed by atoms with van der Waals surface area (Å²) in [6.45, 7) is 3.65. The lowest BCUT2D eigenvalue weighted by molar-refractivity contribution is -0.152. The minimum atomic E-state index is -0.824. The Morgan fingerprint density at radius 2 is 2.16 bits per heavy atom. The van der Waals surface area contributed by atoms with Gasteiger partial charge < -0.3 is 16.2 Å². The summed E-state index contributed by atoms with van der Waals surface area (Å²) in [5.41, 5.74) is 4.81. The summed E-state index contributed by atoms with van der Waals surface area (Å²) in [6, 6.07) is -0.145. The average Bonchev–Trinajstić information content (AvgIpc) is 2.31. The van der Waals surface area contributed by atoms with Gasteiger partial charge in [0.2, 0.25) is 5.91 Å². The lowest BCUT2D eigenvalue weighted by Crippen LogP contribution is -2.52. The maximum atomic E-state index is 11.9. The molecule has 3 atom stereocenters. The number of hydrogen-bond donors (Lipinski definition) is 3. The predicted octanol–water partition coefficient (Wildman–Crippen LogP) is 1.65. The minimum Gasteiger partial charge on any atom is -0.481 e. The van der Waals surface area contributed by atoms with Gasteiger partial charge in [-0.25, -0.2) is 0 Å². The van der Waals surface area contributed by atoms with Crippen LogP contribution in [0.3, 0.4) is 0 Å². The topological polar surface area (TPSA) is 92.4 Å². The van der Waals surface area contributed by atoms with E-state index in [9.17, 15) is 14.7 Å². The predicted molar refractivity (Wildman–Crippen MR) is 73.6 cm³/mol. The fourth-order valence-electron chi connectivity index (χ4n) is 2.67. The van der Waals surface area contributed by atoms with Crippen molar-refractivity contribution in [2.45, 2.75) is 70.9 Å². The van der Waals surface area contributed by atoms with E-state index in [1.54, 1.807) is 6.92 Å². The van der Waals surface area contributed by atoms with Crippen LogP contribution in [-0.4, -0.2) is 29.1 Å². The van der Waals surface area contributed by atoms with Gasteiger partial charge in [0.05, 0.1) is 5.41 Å². The Morgan fingerprint density at radius 3 is 2.74 bits per heavy atom. The lowest BCUT2D eigenvalue weighted by Gasteiger charge is -2.38. The van der Waals surface area contributed by atoms with E-state index < -0.39 is 11.4 Å². The summed E-state index contributed by atoms with van der Waals surface area (Å²) in [5, 5.41) is 12.3. The third kappa shape index (κ3) is 4.49. The van der Waals surface area contributed by atoms with Gasteiger partial charge in [0.15, 0.2) is 0 Å². The molecule has 1 aliphatic carbocycles. The molecule has 1 fully saturated rings. The molecule has 0 saturated heterocycles. The second-order valence-electron chi connectivity index (χ2n) is 5.96. The van der Waals surface area contributed by atoms with Gasteiger partial charge in [-0.3, -0.25) is 9.59 Å². The molecule has 5 nitrogen and oxygen atoms in total. The third-order valence-corrected chi connectivity index (χ3v) is 4.10. The molecule has 3 unspecified atom stereocenters. The Bertz CT molecular complexity index is 331. The van der Waals surface area contributed by atoms with Crippen molar-refractivity contribution >= 4 is 11.9 Å². The molecule has 0 aromatic rings. The summed E-state index contributed by atoms with van der Waals surface area (Å²) >= 11 is 0. The Labute approximate surface area is 114 Å². The fraction of sp³-hybridized carbons (Fsp3) is 0.857. The molecule has 4 N–H and O–H groups in total. The van der Waals surface area contributed by atoms with E-state index in [1.165, 1.54) is 0 Å². The molecule has 0 aromatic carbocycles. The van der Waals surface area contributed by atoms with Crippen LogP contribution in [0.4, 0.5) is 0 Å². The number of carboxylic acid groups (broad SMARTS) is 1. The Hall–Kier alpha value is -1.10. The Balaban J connectivity index is 2.49. The molecule has 0 aromatic heterocycles. The summed E-state index contributed by atoms with van der Waals surface area (Å²) < 4.78 is 0. The quantitative estimate of drug-likeness (QED) is 0.684. The second-order valence-corrected chi connectivity index (χ2v) is 5.96. The number of nitrogens with two attached hydrogens (primary N) is 1. The highest BCUT2D eigenvalue weighted by Gasteiger charge is 2.43. The number of rotatable bonds is 6. The molecule has 110 valence electrons. The van der Waals surface area contributed by atoms with Crippen molar-refractivity contribution in [2.24, 2.45) is 11.1 Å². The van der Waals surface area contributed by atoms with Crippen molar-refractivity contribution < 1.29 is 14.7 Å². The van der Waals surface area contributed by atoms with Gasteiger partial charge in [-0.05, 0) is 39.5 Å². The monoisotopic (exact) mass is 270 g/mol. The van der Waals surface area contributed by atoms with Crippen LogP contribution in [0, 0.1) is 5.41 Å². The molecular weight excluding hydrogens is 244 g/mol. The molecule has 0 bridgehead atoms. The van der Waals surface area contributed by atoms with Crippen LogP contribution in [0.5, 0.6) is 0 Å². The molecule has 1 amide bonds. The molecule has 1 saturated carbocycles. The van der Waals surface area contributed by atoms with Crippen molar-refractivity contribution in [1.29, 1.82) is 0 Å². The first-order valence-corrected chi connectivity index (χ1v) is 7.14. The molecule has 0 heterocycles. The van der Waals surface area contributed by atoms with Crippen molar-refractivity contribution in [3.8, 4) is 0 Å². The molecule has 5 heteroatoms. The average molecular weight is 270 g/mol. The van der Waals surface area contributed by atoms with E-state index in [0.29, 0.717) is 12.8 Å². The number of nitrogens with one attached hydrogen (secondary N) is 1. The third-order valence-electron chi connectivity index (χ3n) is 4.10. The van der Waals surface area contributed by atoms with Crippen molar-refractivity contribution in [1.82, 2.24) is 5.32 Å². The van der Waals surface area contributed by atoms with E-state index in [1.807, 2.05) is 6.92 Å². The van der Waals surface area contributed by atoms with Crippen LogP contribution in [0.15, 0.2) is 0 Å². The highest BCUT2D eigenvalue weighted by molar-refractivity contribution is 5.79. The van der Waals surface area contributed by atoms with Crippen LogP contribution >= 0.6 is 0 Å². The first kappa shape index (κ1) is 16.0. The zero-order valence-corrected chi connectivity index (χ0v) is 11.9. The van der Waals surface area contributed by atoms with Crippen molar-refractivity contribution in [3.63, 3.8) is 0 Å². The van der Waals surface area contributed by atoms with Crippen LogP contribution in [-0.2, 0) is 9.59 Å². The van der Waals surface area contributed by atoms with Gasteiger partial charge in [-0.2, -0.15) is 0 Å². The summed E-state index contributed by atoms with van der Waals surface area (Å²) in [7, 11) is 0. The van der Waals surface area contributed by atoms with Crippen LogP contribution < -0.4 is 11.1 Å². The number of carbonyl (C=O) groups is 2. The number of carboxylic acids is 1. The first-order chi connectivity index (χ1) is 8.86. The maximum absolute atomic E-state index is 11.9. The number of amides is 1. The number of aliphatic carboxylic acids is 1. The van der Waals surface area contributed by atoms with Crippen molar-refractivity contribution in [3.05, 3.63) is 0 Å². The fourth-order valence-corrected chi connectivity index (χ4v) is 2.67. The second kappa shape index (κ2) is 6.89. The molecule has 0 radical (unpaired) electrons. The zero-order chi connectivity index (χ0) is 14.5. The minimum absolute atomic E-state index is 0.0555. The van der Waals surface area contributed by atoms with Gasteiger partial charge in [-0.15, -0.1) is 0 Å². The maximum Gasteiger partial charge on any atom is 0.311 e. The van der Waals surface area contributed by atoms with Gasteiger partial charge in [-0.1, -0.05) is 12.8 Å². The molecule has 1 aliphatic rings. The van der Waals surface area contributed by atoms with Gasteiger partial charge in [0.25, 0.3) is 0 Å². The molecule has 1 rings (SSSR count). The van der Waals surface area contributed by atoms with E-state index in [-0.39, 0.29) is 18.0 Å². The highest BCUT2D eigenvalue weighted by atomic mass is 16.4. The van der Waals surface area contributed by atoms with Crippen LogP contribution in [0.1, 0.15) is 58.8 Å². The normalized spacial score (nSPS) is 28.7. The van der Waals surface area contributed by atoms with Gasteiger partial charge in [0, 0.05) is 18.5 Å².